The molecule has 144 valence electrons. The van der Waals surface area contributed by atoms with Gasteiger partial charge in [-0.15, -0.1) is 35.4 Å². The third kappa shape index (κ3) is 11.1. The highest BCUT2D eigenvalue weighted by molar-refractivity contribution is 8.21. The summed E-state index contributed by atoms with van der Waals surface area (Å²) >= 11 is 4.34. The number of esters is 1. The molecule has 0 aromatic heterocycles. The molecule has 0 N–H and O–H groups in total. The van der Waals surface area contributed by atoms with Gasteiger partial charge in [-0.1, -0.05) is 45.4 Å². The first-order valence-electron chi connectivity index (χ1n) is 10.0. The normalized spacial score (nSPS) is 15.6. The molecule has 0 radical (unpaired) electrons. The van der Waals surface area contributed by atoms with Gasteiger partial charge in [0.25, 0.3) is 0 Å². The van der Waals surface area contributed by atoms with E-state index >= 15 is 0 Å². The molecule has 1 heterocycles. The Kier molecular flexibility index (Phi) is 13.5. The van der Waals surface area contributed by atoms with Crippen LogP contribution in [0.3, 0.4) is 0 Å². The molecule has 0 aliphatic carbocycles. The summed E-state index contributed by atoms with van der Waals surface area (Å²) in [6.45, 7) is 2.24. The first kappa shape index (κ1) is 22.8. The lowest BCUT2D eigenvalue weighted by Gasteiger charge is -2.26. The topological polar surface area (TPSA) is 26.3 Å². The number of hydrogen-bond donors (Lipinski definition) is 0. The summed E-state index contributed by atoms with van der Waals surface area (Å²) in [5, 5.41) is 0. The summed E-state index contributed by atoms with van der Waals surface area (Å²) < 4.78 is 5.11. The molecule has 0 amide bonds. The van der Waals surface area contributed by atoms with E-state index in [0.29, 0.717) is 10.5 Å². The summed E-state index contributed by atoms with van der Waals surface area (Å²) in [7, 11) is 1.47. The molecule has 0 unspecified atom stereocenters. The summed E-state index contributed by atoms with van der Waals surface area (Å²) in [6.07, 6.45) is 15.1. The largest absolute Gasteiger partial charge is 0.469 e. The smallest absolute Gasteiger partial charge is 0.305 e. The van der Waals surface area contributed by atoms with Crippen molar-refractivity contribution in [1.29, 1.82) is 0 Å². The maximum absolute atomic E-state index is 11.1. The number of rotatable bonds is 13. The van der Waals surface area contributed by atoms with Crippen molar-refractivity contribution in [2.75, 3.05) is 18.6 Å². The Morgan fingerprint density at radius 3 is 2.32 bits per heavy atom. The van der Waals surface area contributed by atoms with Crippen LogP contribution in [0.15, 0.2) is 0 Å². The monoisotopic (exact) mass is 384 g/mol. The second kappa shape index (κ2) is 14.9. The van der Waals surface area contributed by atoms with Crippen LogP contribution in [0.5, 0.6) is 0 Å². The fraction of sp³-hybridized carbons (Fsp3) is 0.857. The fourth-order valence-corrected chi connectivity index (χ4v) is 6.41. The van der Waals surface area contributed by atoms with Gasteiger partial charge in [-0.05, 0) is 25.7 Å². The van der Waals surface area contributed by atoms with E-state index in [4.69, 9.17) is 0 Å². The van der Waals surface area contributed by atoms with Crippen molar-refractivity contribution in [3.05, 3.63) is 0 Å². The van der Waals surface area contributed by atoms with Crippen molar-refractivity contribution in [1.82, 2.24) is 0 Å². The van der Waals surface area contributed by atoms with Crippen molar-refractivity contribution >= 4 is 29.5 Å². The van der Waals surface area contributed by atoms with Crippen molar-refractivity contribution in [3.8, 4) is 11.8 Å². The van der Waals surface area contributed by atoms with Crippen molar-refractivity contribution in [2.45, 2.75) is 94.5 Å². The zero-order chi connectivity index (χ0) is 18.2. The predicted octanol–water partition coefficient (Wildman–Crippen LogP) is 6.43. The van der Waals surface area contributed by atoms with Crippen molar-refractivity contribution in [3.63, 3.8) is 0 Å². The maximum atomic E-state index is 11.1. The average molecular weight is 385 g/mol. The summed E-state index contributed by atoms with van der Waals surface area (Å²) in [4.78, 5) is 11.1. The summed E-state index contributed by atoms with van der Waals surface area (Å²) in [6, 6.07) is 0. The van der Waals surface area contributed by atoms with E-state index in [2.05, 4.69) is 47.0 Å². The van der Waals surface area contributed by atoms with Crippen LogP contribution in [0.1, 0.15) is 90.4 Å². The zero-order valence-electron chi connectivity index (χ0n) is 16.2. The minimum atomic E-state index is -0.0755. The first-order chi connectivity index (χ1) is 12.2. The van der Waals surface area contributed by atoms with E-state index in [1.807, 2.05) is 0 Å². The second-order valence-corrected chi connectivity index (χ2v) is 9.98. The molecular formula is C21H36O2S2. The number of methoxy groups -OCH3 is 1. The minimum absolute atomic E-state index is 0.0755. The van der Waals surface area contributed by atoms with Crippen molar-refractivity contribution in [2.24, 2.45) is 0 Å². The Morgan fingerprint density at radius 1 is 0.920 bits per heavy atom. The van der Waals surface area contributed by atoms with Crippen LogP contribution < -0.4 is 0 Å². The zero-order valence-corrected chi connectivity index (χ0v) is 17.9. The van der Waals surface area contributed by atoms with Gasteiger partial charge in [0.1, 0.15) is 0 Å². The molecule has 1 aliphatic rings. The molecule has 2 nitrogen and oxygen atoms in total. The molecule has 0 aromatic carbocycles. The molecule has 1 rings (SSSR count). The van der Waals surface area contributed by atoms with Gasteiger partial charge in [0, 0.05) is 30.8 Å². The SMILES string of the molecule is CCCCCC#CCCC1(CCCCCCCC(=O)OC)SCCS1. The molecule has 1 saturated heterocycles. The molecule has 4 heteroatoms. The lowest BCUT2D eigenvalue weighted by atomic mass is 10.1. The van der Waals surface area contributed by atoms with E-state index in [9.17, 15) is 4.79 Å². The van der Waals surface area contributed by atoms with Gasteiger partial charge in [-0.3, -0.25) is 4.79 Å². The lowest BCUT2D eigenvalue weighted by molar-refractivity contribution is -0.140. The number of carbonyl (C=O) groups excluding carboxylic acids is 1. The van der Waals surface area contributed by atoms with Crippen LogP contribution in [0.25, 0.3) is 0 Å². The van der Waals surface area contributed by atoms with Crippen LogP contribution >= 0.6 is 23.5 Å². The van der Waals surface area contributed by atoms with Crippen LogP contribution in [-0.4, -0.2) is 28.7 Å². The highest BCUT2D eigenvalue weighted by Crippen LogP contribution is 2.50. The molecule has 1 aliphatic heterocycles. The van der Waals surface area contributed by atoms with Crippen LogP contribution in [0.4, 0.5) is 0 Å². The minimum Gasteiger partial charge on any atom is -0.469 e. The Morgan fingerprint density at radius 2 is 1.60 bits per heavy atom. The molecule has 0 spiro atoms. The van der Waals surface area contributed by atoms with E-state index < -0.39 is 0 Å². The van der Waals surface area contributed by atoms with Crippen LogP contribution in [-0.2, 0) is 9.53 Å². The molecule has 1 fully saturated rings. The molecule has 0 bridgehead atoms. The van der Waals surface area contributed by atoms with Gasteiger partial charge in [0.2, 0.25) is 0 Å². The predicted molar refractivity (Wildman–Crippen MR) is 113 cm³/mol. The van der Waals surface area contributed by atoms with E-state index in [1.54, 1.807) is 0 Å². The Bertz CT molecular complexity index is 406. The highest BCUT2D eigenvalue weighted by atomic mass is 32.2. The highest BCUT2D eigenvalue weighted by Gasteiger charge is 2.34. The summed E-state index contributed by atoms with van der Waals surface area (Å²) in [5.41, 5.74) is 0. The lowest BCUT2D eigenvalue weighted by Crippen LogP contribution is -2.16. The summed E-state index contributed by atoms with van der Waals surface area (Å²) in [5.74, 6) is 9.29. The van der Waals surface area contributed by atoms with E-state index in [1.165, 1.54) is 70.0 Å². The first-order valence-corrected chi connectivity index (χ1v) is 12.0. The van der Waals surface area contributed by atoms with Gasteiger partial charge in [0.05, 0.1) is 11.2 Å². The second-order valence-electron chi connectivity index (χ2n) is 6.76. The van der Waals surface area contributed by atoms with Gasteiger partial charge in [-0.25, -0.2) is 0 Å². The Balaban J connectivity index is 2.13. The van der Waals surface area contributed by atoms with Gasteiger partial charge in [-0.2, -0.15) is 0 Å². The fourth-order valence-electron chi connectivity index (χ4n) is 3.10. The van der Waals surface area contributed by atoms with Gasteiger partial charge >= 0.3 is 5.97 Å². The average Bonchev–Trinajstić information content (AvgIpc) is 3.09. The number of ether oxygens (including phenoxy) is 1. The van der Waals surface area contributed by atoms with E-state index in [-0.39, 0.29) is 5.97 Å². The Labute approximate surface area is 164 Å². The number of thioether (sulfide) groups is 2. The van der Waals surface area contributed by atoms with Crippen LogP contribution in [0.2, 0.25) is 0 Å². The third-order valence-corrected chi connectivity index (χ3v) is 8.29. The standard InChI is InChI=1S/C21H36O2S2/c1-3-4-5-6-7-10-13-16-21(24-18-19-25-21)17-14-11-8-9-12-15-20(22)23-2/h3-6,8-9,11-19H2,1-2H3. The molecule has 0 aromatic rings. The maximum Gasteiger partial charge on any atom is 0.305 e. The molecule has 0 saturated carbocycles. The Hall–Kier alpha value is -0.270. The quantitative estimate of drug-likeness (QED) is 0.208. The third-order valence-electron chi connectivity index (χ3n) is 4.64. The molecular weight excluding hydrogens is 348 g/mol. The van der Waals surface area contributed by atoms with E-state index in [0.717, 1.165) is 25.7 Å². The van der Waals surface area contributed by atoms with Crippen LogP contribution in [0, 0.1) is 11.8 Å². The number of carbonyl (C=O) groups is 1. The molecule has 25 heavy (non-hydrogen) atoms. The van der Waals surface area contributed by atoms with Gasteiger partial charge < -0.3 is 4.74 Å². The number of hydrogen-bond acceptors (Lipinski definition) is 4. The molecule has 0 atom stereocenters. The van der Waals surface area contributed by atoms with Gasteiger partial charge in [0.15, 0.2) is 0 Å². The van der Waals surface area contributed by atoms with Crippen molar-refractivity contribution < 1.29 is 9.53 Å². The number of unbranched alkanes of at least 4 members (excludes halogenated alkanes) is 7.